The second-order valence-electron chi connectivity index (χ2n) is 6.10. The van der Waals surface area contributed by atoms with Crippen LogP contribution in [-0.4, -0.2) is 25.8 Å². The lowest BCUT2D eigenvalue weighted by Crippen LogP contribution is -2.26. The third-order valence-electron chi connectivity index (χ3n) is 4.01. The first-order valence-electron chi connectivity index (χ1n) is 7.40. The lowest BCUT2D eigenvalue weighted by Gasteiger charge is -2.31. The molecule has 2 heteroatoms. The van der Waals surface area contributed by atoms with Gasteiger partial charge in [0.1, 0.15) is 0 Å². The summed E-state index contributed by atoms with van der Waals surface area (Å²) in [6.45, 7) is 7.92. The Morgan fingerprint density at radius 1 is 1.12 bits per heavy atom. The van der Waals surface area contributed by atoms with E-state index in [1.807, 2.05) is 7.05 Å². The summed E-state index contributed by atoms with van der Waals surface area (Å²) in [6, 6.07) is 0.643. The van der Waals surface area contributed by atoms with E-state index in [9.17, 15) is 0 Å². The molecule has 0 aromatic carbocycles. The molecule has 1 saturated carbocycles. The molecule has 0 bridgehead atoms. The fourth-order valence-electron chi connectivity index (χ4n) is 2.96. The van der Waals surface area contributed by atoms with Gasteiger partial charge in [0.05, 0.1) is 6.10 Å². The van der Waals surface area contributed by atoms with Gasteiger partial charge in [-0.25, -0.2) is 0 Å². The molecule has 0 spiro atoms. The van der Waals surface area contributed by atoms with Crippen LogP contribution in [0.1, 0.15) is 59.3 Å². The van der Waals surface area contributed by atoms with Crippen molar-refractivity contribution >= 4 is 0 Å². The smallest absolute Gasteiger partial charge is 0.0580 e. The number of hydrogen-bond acceptors (Lipinski definition) is 2. The van der Waals surface area contributed by atoms with Crippen molar-refractivity contribution in [2.75, 3.05) is 13.7 Å². The SMILES string of the molecule is CNC(C)CCCCOC1CC(C)CC(C)C1. The van der Waals surface area contributed by atoms with Crippen LogP contribution in [0.2, 0.25) is 0 Å². The van der Waals surface area contributed by atoms with Crippen LogP contribution in [-0.2, 0) is 4.74 Å². The summed E-state index contributed by atoms with van der Waals surface area (Å²) < 4.78 is 6.02. The van der Waals surface area contributed by atoms with Crippen molar-refractivity contribution in [2.24, 2.45) is 11.8 Å². The highest BCUT2D eigenvalue weighted by molar-refractivity contribution is 4.75. The molecular weight excluding hydrogens is 210 g/mol. The van der Waals surface area contributed by atoms with E-state index in [1.165, 1.54) is 38.5 Å². The fourth-order valence-corrected chi connectivity index (χ4v) is 2.96. The zero-order valence-corrected chi connectivity index (χ0v) is 12.2. The molecule has 3 atom stereocenters. The summed E-state index contributed by atoms with van der Waals surface area (Å²) in [7, 11) is 2.03. The van der Waals surface area contributed by atoms with Crippen LogP contribution >= 0.6 is 0 Å². The van der Waals surface area contributed by atoms with Gasteiger partial charge in [-0.2, -0.15) is 0 Å². The van der Waals surface area contributed by atoms with Gasteiger partial charge in [-0.05, 0) is 64.3 Å². The van der Waals surface area contributed by atoms with Gasteiger partial charge in [0, 0.05) is 12.6 Å². The Labute approximate surface area is 108 Å². The standard InChI is InChI=1S/C15H31NO/c1-12-9-13(2)11-15(10-12)17-8-6-5-7-14(3)16-4/h12-16H,5-11H2,1-4H3. The summed E-state index contributed by atoms with van der Waals surface area (Å²) in [6.07, 6.45) is 8.23. The predicted octanol–water partition coefficient (Wildman–Crippen LogP) is 3.61. The Hall–Kier alpha value is -0.0800. The first-order chi connectivity index (χ1) is 8.11. The molecule has 0 heterocycles. The molecule has 0 radical (unpaired) electrons. The third-order valence-corrected chi connectivity index (χ3v) is 4.01. The van der Waals surface area contributed by atoms with Crippen LogP contribution in [0.3, 0.4) is 0 Å². The molecule has 0 aromatic heterocycles. The maximum absolute atomic E-state index is 6.02. The van der Waals surface area contributed by atoms with Gasteiger partial charge in [-0.3, -0.25) is 0 Å². The summed E-state index contributed by atoms with van der Waals surface area (Å²) in [5.74, 6) is 1.71. The van der Waals surface area contributed by atoms with E-state index >= 15 is 0 Å². The molecule has 1 N–H and O–H groups in total. The van der Waals surface area contributed by atoms with Gasteiger partial charge >= 0.3 is 0 Å². The molecule has 2 nitrogen and oxygen atoms in total. The predicted molar refractivity (Wildman–Crippen MR) is 74.3 cm³/mol. The normalized spacial score (nSPS) is 31.4. The summed E-state index contributed by atoms with van der Waals surface area (Å²) in [4.78, 5) is 0. The van der Waals surface area contributed by atoms with Gasteiger partial charge in [-0.1, -0.05) is 13.8 Å². The molecule has 0 amide bonds. The molecule has 1 fully saturated rings. The largest absolute Gasteiger partial charge is 0.378 e. The minimum atomic E-state index is 0.537. The van der Waals surface area contributed by atoms with Crippen molar-refractivity contribution in [3.05, 3.63) is 0 Å². The number of ether oxygens (including phenoxy) is 1. The monoisotopic (exact) mass is 241 g/mol. The van der Waals surface area contributed by atoms with E-state index in [4.69, 9.17) is 4.74 Å². The highest BCUT2D eigenvalue weighted by atomic mass is 16.5. The lowest BCUT2D eigenvalue weighted by atomic mass is 9.82. The van der Waals surface area contributed by atoms with Crippen molar-refractivity contribution in [3.63, 3.8) is 0 Å². The Morgan fingerprint density at radius 2 is 1.76 bits per heavy atom. The Bertz CT molecular complexity index is 185. The maximum atomic E-state index is 6.02. The molecule has 1 rings (SSSR count). The zero-order valence-electron chi connectivity index (χ0n) is 12.2. The average Bonchev–Trinajstić information content (AvgIpc) is 2.27. The fraction of sp³-hybridized carbons (Fsp3) is 1.00. The van der Waals surface area contributed by atoms with E-state index in [1.54, 1.807) is 0 Å². The third kappa shape index (κ3) is 6.42. The van der Waals surface area contributed by atoms with Crippen molar-refractivity contribution < 1.29 is 4.74 Å². The van der Waals surface area contributed by atoms with Crippen molar-refractivity contribution in [1.82, 2.24) is 5.32 Å². The number of rotatable bonds is 7. The van der Waals surface area contributed by atoms with E-state index in [0.29, 0.717) is 12.1 Å². The van der Waals surface area contributed by atoms with Crippen molar-refractivity contribution in [1.29, 1.82) is 0 Å². The Morgan fingerprint density at radius 3 is 2.35 bits per heavy atom. The molecule has 1 aliphatic carbocycles. The van der Waals surface area contributed by atoms with Gasteiger partial charge in [-0.15, -0.1) is 0 Å². The highest BCUT2D eigenvalue weighted by Crippen LogP contribution is 2.30. The topological polar surface area (TPSA) is 21.3 Å². The van der Waals surface area contributed by atoms with Gasteiger partial charge < -0.3 is 10.1 Å². The van der Waals surface area contributed by atoms with Gasteiger partial charge in [0.25, 0.3) is 0 Å². The minimum Gasteiger partial charge on any atom is -0.378 e. The van der Waals surface area contributed by atoms with E-state index in [0.717, 1.165) is 18.4 Å². The van der Waals surface area contributed by atoms with Crippen molar-refractivity contribution in [2.45, 2.75) is 71.4 Å². The van der Waals surface area contributed by atoms with E-state index < -0.39 is 0 Å². The molecular formula is C15H31NO. The van der Waals surface area contributed by atoms with Crippen molar-refractivity contribution in [3.8, 4) is 0 Å². The van der Waals surface area contributed by atoms with Gasteiger partial charge in [0.15, 0.2) is 0 Å². The number of nitrogens with one attached hydrogen (secondary N) is 1. The highest BCUT2D eigenvalue weighted by Gasteiger charge is 2.23. The Kier molecular flexibility index (Phi) is 7.14. The second kappa shape index (κ2) is 8.10. The quantitative estimate of drug-likeness (QED) is 0.688. The first-order valence-corrected chi connectivity index (χ1v) is 7.40. The number of hydrogen-bond donors (Lipinski definition) is 1. The Balaban J connectivity index is 2.02. The second-order valence-corrected chi connectivity index (χ2v) is 6.10. The van der Waals surface area contributed by atoms with Crippen LogP contribution in [0.25, 0.3) is 0 Å². The minimum absolute atomic E-state index is 0.537. The van der Waals surface area contributed by atoms with E-state index in [-0.39, 0.29) is 0 Å². The van der Waals surface area contributed by atoms with Crippen LogP contribution in [0.5, 0.6) is 0 Å². The molecule has 102 valence electrons. The van der Waals surface area contributed by atoms with Crippen LogP contribution < -0.4 is 5.32 Å². The molecule has 17 heavy (non-hydrogen) atoms. The summed E-state index contributed by atoms with van der Waals surface area (Å²) in [5, 5.41) is 3.28. The first kappa shape index (κ1) is 15.0. The maximum Gasteiger partial charge on any atom is 0.0580 e. The molecule has 0 aliphatic heterocycles. The molecule has 0 saturated heterocycles. The van der Waals surface area contributed by atoms with Gasteiger partial charge in [0.2, 0.25) is 0 Å². The van der Waals surface area contributed by atoms with Crippen LogP contribution in [0.4, 0.5) is 0 Å². The number of unbranched alkanes of at least 4 members (excludes halogenated alkanes) is 1. The molecule has 1 aliphatic rings. The molecule has 3 unspecified atom stereocenters. The van der Waals surface area contributed by atoms with Crippen LogP contribution in [0.15, 0.2) is 0 Å². The van der Waals surface area contributed by atoms with Crippen LogP contribution in [0, 0.1) is 11.8 Å². The zero-order chi connectivity index (χ0) is 12.7. The average molecular weight is 241 g/mol. The summed E-state index contributed by atoms with van der Waals surface area (Å²) >= 11 is 0. The summed E-state index contributed by atoms with van der Waals surface area (Å²) in [5.41, 5.74) is 0. The molecule has 0 aromatic rings. The lowest BCUT2D eigenvalue weighted by molar-refractivity contribution is -0.000708. The van der Waals surface area contributed by atoms with E-state index in [2.05, 4.69) is 26.1 Å².